The third-order valence-electron chi connectivity index (χ3n) is 2.97. The average Bonchev–Trinajstić information content (AvgIpc) is 2.45. The van der Waals surface area contributed by atoms with E-state index in [2.05, 4.69) is 22.2 Å². The highest BCUT2D eigenvalue weighted by Crippen LogP contribution is 2.27. The van der Waals surface area contributed by atoms with Crippen LogP contribution in [0.5, 0.6) is 0 Å². The van der Waals surface area contributed by atoms with Gasteiger partial charge in [-0.05, 0) is 25.0 Å². The van der Waals surface area contributed by atoms with Crippen molar-refractivity contribution >= 4 is 5.82 Å². The molecule has 0 amide bonds. The summed E-state index contributed by atoms with van der Waals surface area (Å²) in [6.07, 6.45) is 3.26. The molecule has 0 saturated heterocycles. The van der Waals surface area contributed by atoms with Crippen molar-refractivity contribution in [3.8, 4) is 11.3 Å². The standard InChI is InChI=1S/C15H18FN3/c1-3-9-17-15-11(4-2)14(18-10-19-15)12-7-5-6-8-13(12)16/h5-8,10H,3-4,9H2,1-2H3,(H,17,18,19). The smallest absolute Gasteiger partial charge is 0.133 e. The first kappa shape index (κ1) is 13.5. The maximum absolute atomic E-state index is 13.9. The van der Waals surface area contributed by atoms with E-state index in [0.717, 1.165) is 30.8 Å². The lowest BCUT2D eigenvalue weighted by Gasteiger charge is -2.13. The Morgan fingerprint density at radius 1 is 1.16 bits per heavy atom. The van der Waals surface area contributed by atoms with Crippen LogP contribution in [0.4, 0.5) is 10.2 Å². The molecule has 2 aromatic rings. The molecule has 3 nitrogen and oxygen atoms in total. The van der Waals surface area contributed by atoms with Gasteiger partial charge in [0.2, 0.25) is 0 Å². The van der Waals surface area contributed by atoms with E-state index in [9.17, 15) is 4.39 Å². The van der Waals surface area contributed by atoms with Crippen LogP contribution in [-0.4, -0.2) is 16.5 Å². The second kappa shape index (κ2) is 6.27. The number of benzene rings is 1. The van der Waals surface area contributed by atoms with Gasteiger partial charge in [0, 0.05) is 17.7 Å². The molecule has 0 bridgehead atoms. The van der Waals surface area contributed by atoms with Gasteiger partial charge in [0.05, 0.1) is 5.69 Å². The number of halogens is 1. The lowest BCUT2D eigenvalue weighted by Crippen LogP contribution is -2.07. The van der Waals surface area contributed by atoms with Crippen LogP contribution in [0.15, 0.2) is 30.6 Å². The van der Waals surface area contributed by atoms with Gasteiger partial charge in [0.25, 0.3) is 0 Å². The van der Waals surface area contributed by atoms with Gasteiger partial charge < -0.3 is 5.32 Å². The molecule has 0 aliphatic rings. The third-order valence-corrected chi connectivity index (χ3v) is 2.97. The summed E-state index contributed by atoms with van der Waals surface area (Å²) in [5.74, 6) is 0.551. The van der Waals surface area contributed by atoms with Gasteiger partial charge in [0.15, 0.2) is 0 Å². The Kier molecular flexibility index (Phi) is 4.44. The molecule has 1 aromatic heterocycles. The molecule has 0 fully saturated rings. The second-order valence-electron chi connectivity index (χ2n) is 4.31. The molecule has 2 rings (SSSR count). The highest BCUT2D eigenvalue weighted by molar-refractivity contribution is 5.68. The minimum Gasteiger partial charge on any atom is -0.370 e. The predicted octanol–water partition coefficient (Wildman–Crippen LogP) is 3.67. The van der Waals surface area contributed by atoms with Crippen LogP contribution in [0.1, 0.15) is 25.8 Å². The van der Waals surface area contributed by atoms with Crippen LogP contribution in [0, 0.1) is 5.82 Å². The molecule has 0 radical (unpaired) electrons. The number of hydrogen-bond acceptors (Lipinski definition) is 3. The predicted molar refractivity (Wildman–Crippen MR) is 75.6 cm³/mol. The molecule has 0 spiro atoms. The van der Waals surface area contributed by atoms with Crippen LogP contribution in [0.3, 0.4) is 0 Å². The molecule has 1 aromatic carbocycles. The molecule has 100 valence electrons. The molecule has 1 N–H and O–H groups in total. The summed E-state index contributed by atoms with van der Waals surface area (Å²) in [6, 6.07) is 6.71. The Bertz CT molecular complexity index is 555. The van der Waals surface area contributed by atoms with E-state index in [4.69, 9.17) is 0 Å². The number of aromatic nitrogens is 2. The minimum absolute atomic E-state index is 0.252. The van der Waals surface area contributed by atoms with Crippen molar-refractivity contribution in [2.24, 2.45) is 0 Å². The lowest BCUT2D eigenvalue weighted by atomic mass is 10.0. The summed E-state index contributed by atoms with van der Waals surface area (Å²) in [7, 11) is 0. The first-order chi connectivity index (χ1) is 9.27. The van der Waals surface area contributed by atoms with E-state index < -0.39 is 0 Å². The zero-order valence-corrected chi connectivity index (χ0v) is 11.3. The van der Waals surface area contributed by atoms with Crippen molar-refractivity contribution in [1.29, 1.82) is 0 Å². The Hall–Kier alpha value is -1.97. The summed E-state index contributed by atoms with van der Waals surface area (Å²) in [6.45, 7) is 4.97. The van der Waals surface area contributed by atoms with Gasteiger partial charge in [-0.15, -0.1) is 0 Å². The molecule has 19 heavy (non-hydrogen) atoms. The average molecular weight is 259 g/mol. The van der Waals surface area contributed by atoms with E-state index >= 15 is 0 Å². The fourth-order valence-electron chi connectivity index (χ4n) is 2.03. The van der Waals surface area contributed by atoms with Crippen molar-refractivity contribution in [2.75, 3.05) is 11.9 Å². The van der Waals surface area contributed by atoms with E-state index in [0.29, 0.717) is 11.3 Å². The molecular weight excluding hydrogens is 241 g/mol. The highest BCUT2D eigenvalue weighted by Gasteiger charge is 2.13. The van der Waals surface area contributed by atoms with E-state index in [1.54, 1.807) is 12.1 Å². The summed E-state index contributed by atoms with van der Waals surface area (Å²) in [4.78, 5) is 8.52. The zero-order valence-electron chi connectivity index (χ0n) is 11.3. The fraction of sp³-hybridized carbons (Fsp3) is 0.333. The fourth-order valence-corrected chi connectivity index (χ4v) is 2.03. The maximum atomic E-state index is 13.9. The van der Waals surface area contributed by atoms with Crippen molar-refractivity contribution in [3.63, 3.8) is 0 Å². The highest BCUT2D eigenvalue weighted by atomic mass is 19.1. The summed E-state index contributed by atoms with van der Waals surface area (Å²) in [5, 5.41) is 3.27. The van der Waals surface area contributed by atoms with Gasteiger partial charge in [0.1, 0.15) is 18.0 Å². The lowest BCUT2D eigenvalue weighted by molar-refractivity contribution is 0.630. The van der Waals surface area contributed by atoms with Crippen molar-refractivity contribution < 1.29 is 4.39 Å². The quantitative estimate of drug-likeness (QED) is 0.890. The Morgan fingerprint density at radius 3 is 2.63 bits per heavy atom. The van der Waals surface area contributed by atoms with Gasteiger partial charge in [-0.2, -0.15) is 0 Å². The first-order valence-corrected chi connectivity index (χ1v) is 6.60. The molecule has 1 heterocycles. The van der Waals surface area contributed by atoms with Crippen LogP contribution < -0.4 is 5.32 Å². The molecule has 4 heteroatoms. The van der Waals surface area contributed by atoms with Crippen molar-refractivity contribution in [2.45, 2.75) is 26.7 Å². The molecule has 0 saturated carbocycles. The molecule has 0 atom stereocenters. The maximum Gasteiger partial charge on any atom is 0.133 e. The van der Waals surface area contributed by atoms with E-state index in [-0.39, 0.29) is 5.82 Å². The van der Waals surface area contributed by atoms with Crippen LogP contribution in [0.25, 0.3) is 11.3 Å². The van der Waals surface area contributed by atoms with E-state index in [1.165, 1.54) is 12.4 Å². The SMILES string of the molecule is CCCNc1ncnc(-c2ccccc2F)c1CC. The molecular formula is C15H18FN3. The van der Waals surface area contributed by atoms with Crippen LogP contribution in [-0.2, 0) is 6.42 Å². The van der Waals surface area contributed by atoms with E-state index in [1.807, 2.05) is 13.0 Å². The number of hydrogen-bond donors (Lipinski definition) is 1. The molecule has 0 aliphatic carbocycles. The summed E-state index contributed by atoms with van der Waals surface area (Å²) < 4.78 is 13.9. The van der Waals surface area contributed by atoms with Crippen molar-refractivity contribution in [1.82, 2.24) is 9.97 Å². The molecule has 0 aliphatic heterocycles. The summed E-state index contributed by atoms with van der Waals surface area (Å²) in [5.41, 5.74) is 2.16. The van der Waals surface area contributed by atoms with Crippen LogP contribution in [0.2, 0.25) is 0 Å². The Balaban J connectivity index is 2.49. The van der Waals surface area contributed by atoms with Crippen molar-refractivity contribution in [3.05, 3.63) is 42.0 Å². The number of nitrogens with zero attached hydrogens (tertiary/aromatic N) is 2. The van der Waals surface area contributed by atoms with Gasteiger partial charge in [-0.1, -0.05) is 26.0 Å². The van der Waals surface area contributed by atoms with Gasteiger partial charge in [-0.25, -0.2) is 14.4 Å². The minimum atomic E-state index is -0.252. The number of anilines is 1. The largest absolute Gasteiger partial charge is 0.370 e. The first-order valence-electron chi connectivity index (χ1n) is 6.60. The Morgan fingerprint density at radius 2 is 1.95 bits per heavy atom. The third kappa shape index (κ3) is 2.89. The summed E-state index contributed by atoms with van der Waals surface area (Å²) >= 11 is 0. The number of rotatable bonds is 5. The van der Waals surface area contributed by atoms with Crippen LogP contribution >= 0.6 is 0 Å². The second-order valence-corrected chi connectivity index (χ2v) is 4.31. The van der Waals surface area contributed by atoms with Gasteiger partial charge >= 0.3 is 0 Å². The number of nitrogens with one attached hydrogen (secondary N) is 1. The Labute approximate surface area is 112 Å². The molecule has 0 unspecified atom stereocenters. The topological polar surface area (TPSA) is 37.8 Å². The monoisotopic (exact) mass is 259 g/mol. The van der Waals surface area contributed by atoms with Gasteiger partial charge in [-0.3, -0.25) is 0 Å². The normalized spacial score (nSPS) is 10.5. The zero-order chi connectivity index (χ0) is 13.7.